The molecule has 4 rings (SSSR count). The Balaban J connectivity index is 0.000000201. The first-order valence-corrected chi connectivity index (χ1v) is 12.3. The molecule has 0 bridgehead atoms. The lowest BCUT2D eigenvalue weighted by Gasteiger charge is -2.12. The van der Waals surface area contributed by atoms with Crippen LogP contribution in [0.25, 0.3) is 0 Å². The molecule has 36 heavy (non-hydrogen) atoms. The number of carbonyl (C=O) groups excluding carboxylic acids is 4. The molecule has 0 saturated carbocycles. The highest BCUT2D eigenvalue weighted by Gasteiger charge is 2.27. The number of carbonyl (C=O) groups is 4. The number of hydrogen-bond acceptors (Lipinski definition) is 7. The fourth-order valence-electron chi connectivity index (χ4n) is 4.85. The number of fused-ring (bicyclic) bond motifs is 2. The second-order valence-corrected chi connectivity index (χ2v) is 9.52. The summed E-state index contributed by atoms with van der Waals surface area (Å²) in [5, 5.41) is 9.44. The fraction of sp³-hybridized carbons (Fsp3) is 0.448. The standard InChI is InChI=1S/C15H18O3.C14H16O4/c1-10-3-4-12-8-13(9-15(17)18-2)14(16)6-5-11(12)7-10;1-18-14(17)8-11-6-9-2-4-12(15)7-10(9)3-5-13(11)16/h3-4,7,13H,5-6,8-9H2,1-2H3;2,4,7,11,15H,3,5-6,8H2,1H3. The highest BCUT2D eigenvalue weighted by Crippen LogP contribution is 2.28. The van der Waals surface area contributed by atoms with Gasteiger partial charge in [0.05, 0.1) is 27.1 Å². The molecule has 0 aliphatic heterocycles. The summed E-state index contributed by atoms with van der Waals surface area (Å²) in [5.41, 5.74) is 5.69. The van der Waals surface area contributed by atoms with E-state index < -0.39 is 0 Å². The summed E-state index contributed by atoms with van der Waals surface area (Å²) in [6.07, 6.45) is 3.88. The molecule has 2 aromatic carbocycles. The summed E-state index contributed by atoms with van der Waals surface area (Å²) < 4.78 is 9.28. The van der Waals surface area contributed by atoms with Gasteiger partial charge in [0.15, 0.2) is 0 Å². The third kappa shape index (κ3) is 7.26. The van der Waals surface area contributed by atoms with Gasteiger partial charge >= 0.3 is 11.9 Å². The van der Waals surface area contributed by atoms with Crippen molar-refractivity contribution in [1.82, 2.24) is 0 Å². The number of ether oxygens (including phenoxy) is 2. The predicted octanol–water partition coefficient (Wildman–Crippen LogP) is 3.86. The minimum Gasteiger partial charge on any atom is -0.508 e. The van der Waals surface area contributed by atoms with Gasteiger partial charge in [0.1, 0.15) is 17.3 Å². The van der Waals surface area contributed by atoms with Gasteiger partial charge in [-0.05, 0) is 67.0 Å². The van der Waals surface area contributed by atoms with E-state index in [-0.39, 0.29) is 53.9 Å². The Morgan fingerprint density at radius 3 is 1.72 bits per heavy atom. The van der Waals surface area contributed by atoms with E-state index in [1.54, 1.807) is 12.1 Å². The minimum absolute atomic E-state index is 0.0936. The van der Waals surface area contributed by atoms with Crippen molar-refractivity contribution in [3.8, 4) is 5.75 Å². The van der Waals surface area contributed by atoms with E-state index in [0.717, 1.165) is 17.5 Å². The smallest absolute Gasteiger partial charge is 0.306 e. The Bertz CT molecular complexity index is 1040. The van der Waals surface area contributed by atoms with Crippen molar-refractivity contribution in [2.75, 3.05) is 14.2 Å². The molecule has 0 fully saturated rings. The van der Waals surface area contributed by atoms with Crippen LogP contribution in [0.2, 0.25) is 0 Å². The number of Topliss-reactive ketones (excluding diaryl/α,β-unsaturated/α-hetero) is 2. The molecule has 7 heteroatoms. The van der Waals surface area contributed by atoms with Gasteiger partial charge in [0.25, 0.3) is 0 Å². The lowest BCUT2D eigenvalue weighted by atomic mass is 9.92. The summed E-state index contributed by atoms with van der Waals surface area (Å²) in [5.74, 6) is -0.693. The van der Waals surface area contributed by atoms with E-state index in [0.29, 0.717) is 32.1 Å². The van der Waals surface area contributed by atoms with Crippen LogP contribution in [0.1, 0.15) is 53.5 Å². The zero-order valence-electron chi connectivity index (χ0n) is 21.2. The number of benzene rings is 2. The highest BCUT2D eigenvalue weighted by atomic mass is 16.5. The third-order valence-electron chi connectivity index (χ3n) is 6.96. The van der Waals surface area contributed by atoms with Crippen LogP contribution in [0.15, 0.2) is 36.4 Å². The number of hydrogen-bond donors (Lipinski definition) is 1. The largest absolute Gasteiger partial charge is 0.508 e. The molecule has 2 aliphatic rings. The average molecular weight is 495 g/mol. The van der Waals surface area contributed by atoms with Gasteiger partial charge in [-0.3, -0.25) is 19.2 Å². The Morgan fingerprint density at radius 1 is 0.750 bits per heavy atom. The van der Waals surface area contributed by atoms with Crippen LogP contribution in [-0.4, -0.2) is 42.8 Å². The number of phenols is 1. The first kappa shape index (κ1) is 27.1. The van der Waals surface area contributed by atoms with Crippen LogP contribution >= 0.6 is 0 Å². The Morgan fingerprint density at radius 2 is 1.22 bits per heavy atom. The molecular formula is C29H34O7. The van der Waals surface area contributed by atoms with Crippen molar-refractivity contribution >= 4 is 23.5 Å². The summed E-state index contributed by atoms with van der Waals surface area (Å²) >= 11 is 0. The molecule has 0 heterocycles. The normalized spacial score (nSPS) is 19.0. The quantitative estimate of drug-likeness (QED) is 0.508. The summed E-state index contributed by atoms with van der Waals surface area (Å²) in [4.78, 5) is 46.6. The van der Waals surface area contributed by atoms with Crippen molar-refractivity contribution in [2.45, 2.75) is 58.3 Å². The van der Waals surface area contributed by atoms with Gasteiger partial charge in [-0.1, -0.05) is 29.8 Å². The van der Waals surface area contributed by atoms with Gasteiger partial charge in [-0.15, -0.1) is 0 Å². The first-order chi connectivity index (χ1) is 17.2. The lowest BCUT2D eigenvalue weighted by molar-refractivity contribution is -0.144. The van der Waals surface area contributed by atoms with E-state index in [4.69, 9.17) is 0 Å². The zero-order chi connectivity index (χ0) is 26.2. The van der Waals surface area contributed by atoms with Crippen molar-refractivity contribution < 1.29 is 33.8 Å². The minimum atomic E-state index is -0.351. The topological polar surface area (TPSA) is 107 Å². The molecule has 2 aliphatic carbocycles. The number of phenolic OH excluding ortho intramolecular Hbond substituents is 1. The van der Waals surface area contributed by atoms with Crippen LogP contribution in [0, 0.1) is 18.8 Å². The molecule has 0 amide bonds. The van der Waals surface area contributed by atoms with Crippen LogP contribution in [0.3, 0.4) is 0 Å². The molecular weight excluding hydrogens is 460 g/mol. The van der Waals surface area contributed by atoms with Gasteiger partial charge in [-0.25, -0.2) is 0 Å². The van der Waals surface area contributed by atoms with Crippen molar-refractivity contribution in [3.05, 3.63) is 64.2 Å². The van der Waals surface area contributed by atoms with Gasteiger partial charge in [-0.2, -0.15) is 0 Å². The number of aryl methyl sites for hydroxylation is 3. The van der Waals surface area contributed by atoms with E-state index in [2.05, 4.69) is 34.6 Å². The molecule has 0 spiro atoms. The number of aromatic hydroxyl groups is 1. The van der Waals surface area contributed by atoms with Crippen molar-refractivity contribution in [1.29, 1.82) is 0 Å². The van der Waals surface area contributed by atoms with Crippen LogP contribution in [-0.2, 0) is 54.3 Å². The summed E-state index contributed by atoms with van der Waals surface area (Å²) in [7, 11) is 2.69. The molecule has 192 valence electrons. The van der Waals surface area contributed by atoms with E-state index in [1.807, 2.05) is 6.07 Å². The average Bonchev–Trinajstić information content (AvgIpc) is 3.11. The zero-order valence-corrected chi connectivity index (χ0v) is 21.2. The maximum absolute atomic E-state index is 12.0. The maximum Gasteiger partial charge on any atom is 0.306 e. The molecule has 0 saturated heterocycles. The summed E-state index contributed by atoms with van der Waals surface area (Å²) in [6, 6.07) is 11.4. The Labute approximate surface area is 211 Å². The number of ketones is 2. The molecule has 1 N–H and O–H groups in total. The van der Waals surface area contributed by atoms with Gasteiger partial charge < -0.3 is 14.6 Å². The number of rotatable bonds is 4. The first-order valence-electron chi connectivity index (χ1n) is 12.3. The molecule has 2 aromatic rings. The number of esters is 2. The van der Waals surface area contributed by atoms with Crippen LogP contribution < -0.4 is 0 Å². The molecule has 0 radical (unpaired) electrons. The van der Waals surface area contributed by atoms with Crippen LogP contribution in [0.4, 0.5) is 0 Å². The second kappa shape index (κ2) is 12.5. The molecule has 2 atom stereocenters. The van der Waals surface area contributed by atoms with Gasteiger partial charge in [0.2, 0.25) is 0 Å². The van der Waals surface area contributed by atoms with Crippen molar-refractivity contribution in [3.63, 3.8) is 0 Å². The summed E-state index contributed by atoms with van der Waals surface area (Å²) in [6.45, 7) is 2.05. The maximum atomic E-state index is 12.0. The SMILES string of the molecule is COC(=O)CC1Cc2ccc(C)cc2CCC1=O.COC(=O)CC1Cc2ccc(O)cc2CCC1=O. The van der Waals surface area contributed by atoms with E-state index in [1.165, 1.54) is 30.9 Å². The molecule has 0 aromatic heterocycles. The fourth-order valence-corrected chi connectivity index (χ4v) is 4.85. The van der Waals surface area contributed by atoms with Crippen LogP contribution in [0.5, 0.6) is 5.75 Å². The van der Waals surface area contributed by atoms with E-state index in [9.17, 15) is 24.3 Å². The highest BCUT2D eigenvalue weighted by molar-refractivity contribution is 5.87. The molecule has 2 unspecified atom stereocenters. The lowest BCUT2D eigenvalue weighted by Crippen LogP contribution is -2.20. The second-order valence-electron chi connectivity index (χ2n) is 9.52. The van der Waals surface area contributed by atoms with Gasteiger partial charge in [0, 0.05) is 24.7 Å². The Hall–Kier alpha value is -3.48. The monoisotopic (exact) mass is 494 g/mol. The predicted molar refractivity (Wildman–Crippen MR) is 134 cm³/mol. The van der Waals surface area contributed by atoms with E-state index >= 15 is 0 Å². The van der Waals surface area contributed by atoms with Crippen molar-refractivity contribution in [2.24, 2.45) is 11.8 Å². The molecule has 7 nitrogen and oxygen atoms in total. The number of methoxy groups -OCH3 is 2. The third-order valence-corrected chi connectivity index (χ3v) is 6.96. The Kier molecular flexibility index (Phi) is 9.39.